The minimum atomic E-state index is -1.12. The average Bonchev–Trinajstić information content (AvgIpc) is 2.52. The Bertz CT molecular complexity index is 385. The van der Waals surface area contributed by atoms with Crippen LogP contribution in [0.5, 0.6) is 0 Å². The number of hydrogen-bond donors (Lipinski definition) is 7. The van der Waals surface area contributed by atoms with Crippen LogP contribution in [0.2, 0.25) is 0 Å². The molecule has 0 spiro atoms. The minimum Gasteiger partial charge on any atom is -0.480 e. The number of esters is 1. The molecule has 10 nitrogen and oxygen atoms in total. The van der Waals surface area contributed by atoms with E-state index in [9.17, 15) is 14.4 Å². The molecule has 0 saturated heterocycles. The number of thiol groups is 1. The number of carboxylic acids is 2. The predicted octanol–water partition coefficient (Wildman–Crippen LogP) is -1.88. The molecule has 0 aliphatic rings. The second kappa shape index (κ2) is 15.1. The van der Waals surface area contributed by atoms with Crippen LogP contribution in [0.25, 0.3) is 0 Å². The molecule has 11 heteroatoms. The van der Waals surface area contributed by atoms with Gasteiger partial charge in [-0.3, -0.25) is 14.4 Å². The van der Waals surface area contributed by atoms with E-state index in [1.165, 1.54) is 0 Å². The Morgan fingerprint density at radius 3 is 1.79 bits per heavy atom. The van der Waals surface area contributed by atoms with E-state index in [4.69, 9.17) is 37.9 Å². The SMILES string of the molecule is NCCC[C@H](N)C(=O)OCC[C@H](N)C(=O)O.N[C@@H](CCS)C(=O)O. The number of aliphatic carboxylic acids is 2. The van der Waals surface area contributed by atoms with E-state index in [1.54, 1.807) is 0 Å². The fourth-order valence-corrected chi connectivity index (χ4v) is 1.51. The third-order valence-corrected chi connectivity index (χ3v) is 3.03. The molecule has 0 radical (unpaired) electrons. The Morgan fingerprint density at radius 1 is 0.917 bits per heavy atom. The lowest BCUT2D eigenvalue weighted by atomic mass is 10.2. The smallest absolute Gasteiger partial charge is 0.322 e. The summed E-state index contributed by atoms with van der Waals surface area (Å²) in [4.78, 5) is 31.5. The third-order valence-electron chi connectivity index (χ3n) is 2.77. The summed E-state index contributed by atoms with van der Waals surface area (Å²) in [6.07, 6.45) is 1.61. The summed E-state index contributed by atoms with van der Waals surface area (Å²) in [6.45, 7) is 0.424. The zero-order valence-electron chi connectivity index (χ0n) is 13.5. The molecule has 24 heavy (non-hydrogen) atoms. The molecule has 0 aromatic carbocycles. The normalized spacial score (nSPS) is 13.9. The van der Waals surface area contributed by atoms with Gasteiger partial charge in [-0.05, 0) is 31.6 Å². The number of ether oxygens (including phenoxy) is 1. The second-order valence-corrected chi connectivity index (χ2v) is 5.34. The molecule has 0 fully saturated rings. The van der Waals surface area contributed by atoms with E-state index >= 15 is 0 Å². The number of carboxylic acid groups (broad SMARTS) is 2. The maximum atomic E-state index is 11.2. The van der Waals surface area contributed by atoms with Gasteiger partial charge in [-0.25, -0.2) is 0 Å². The van der Waals surface area contributed by atoms with Gasteiger partial charge in [0.1, 0.15) is 18.1 Å². The first kappa shape index (κ1) is 24.8. The summed E-state index contributed by atoms with van der Waals surface area (Å²) in [6, 6.07) is -2.47. The number of carbonyl (C=O) groups excluding carboxylic acids is 1. The van der Waals surface area contributed by atoms with Crippen molar-refractivity contribution in [1.82, 2.24) is 0 Å². The van der Waals surface area contributed by atoms with Crippen LogP contribution in [-0.2, 0) is 19.1 Å². The molecule has 0 aromatic rings. The van der Waals surface area contributed by atoms with E-state index in [1.807, 2.05) is 0 Å². The van der Waals surface area contributed by atoms with E-state index in [-0.39, 0.29) is 13.0 Å². The highest BCUT2D eigenvalue weighted by atomic mass is 32.1. The van der Waals surface area contributed by atoms with Crippen LogP contribution in [-0.4, -0.2) is 65.2 Å². The van der Waals surface area contributed by atoms with Gasteiger partial charge in [0.15, 0.2) is 0 Å². The first-order valence-electron chi connectivity index (χ1n) is 7.37. The van der Waals surface area contributed by atoms with Crippen molar-refractivity contribution in [2.75, 3.05) is 18.9 Å². The van der Waals surface area contributed by atoms with Crippen LogP contribution in [0.4, 0.5) is 0 Å². The van der Waals surface area contributed by atoms with Gasteiger partial charge in [-0.1, -0.05) is 0 Å². The summed E-state index contributed by atoms with van der Waals surface area (Å²) in [5, 5.41) is 16.6. The van der Waals surface area contributed by atoms with Crippen LogP contribution in [0, 0.1) is 0 Å². The number of carbonyl (C=O) groups is 3. The Hall–Kier alpha value is -1.40. The molecule has 0 saturated carbocycles. The topological polar surface area (TPSA) is 205 Å². The van der Waals surface area contributed by atoms with Crippen molar-refractivity contribution in [3.63, 3.8) is 0 Å². The number of rotatable bonds is 11. The van der Waals surface area contributed by atoms with E-state index < -0.39 is 36.0 Å². The van der Waals surface area contributed by atoms with Gasteiger partial charge < -0.3 is 37.9 Å². The standard InChI is InChI=1S/C9H19N3O4.C4H9NO2S/c10-4-1-2-7(12)9(15)16-5-3-6(11)8(13)14;5-3(1-2-8)4(6)7/h6-7H,1-5,10-12H2,(H,13,14);3,8H,1-2,5H2,(H,6,7)/t6-,7-;3-/m00/s1. The van der Waals surface area contributed by atoms with Crippen LogP contribution in [0.3, 0.4) is 0 Å². The summed E-state index contributed by atoms with van der Waals surface area (Å²) in [5.74, 6) is -2.11. The Balaban J connectivity index is 0. The van der Waals surface area contributed by atoms with Gasteiger partial charge >= 0.3 is 17.9 Å². The maximum Gasteiger partial charge on any atom is 0.322 e. The number of nitrogens with two attached hydrogens (primary N) is 4. The molecule has 0 aromatic heterocycles. The van der Waals surface area contributed by atoms with Gasteiger partial charge in [-0.2, -0.15) is 12.6 Å². The van der Waals surface area contributed by atoms with Crippen molar-refractivity contribution < 1.29 is 29.3 Å². The fraction of sp³-hybridized carbons (Fsp3) is 0.769. The van der Waals surface area contributed by atoms with Crippen molar-refractivity contribution in [1.29, 1.82) is 0 Å². The largest absolute Gasteiger partial charge is 0.480 e. The molecule has 3 atom stereocenters. The maximum absolute atomic E-state index is 11.2. The zero-order chi connectivity index (χ0) is 19.1. The predicted molar refractivity (Wildman–Crippen MR) is 91.5 cm³/mol. The molecule has 0 aliphatic heterocycles. The monoisotopic (exact) mass is 368 g/mol. The quantitative estimate of drug-likeness (QED) is 0.159. The Labute approximate surface area is 146 Å². The van der Waals surface area contributed by atoms with Crippen molar-refractivity contribution in [2.45, 2.75) is 43.8 Å². The van der Waals surface area contributed by atoms with Crippen molar-refractivity contribution in [3.8, 4) is 0 Å². The Kier molecular flexibility index (Phi) is 15.7. The summed E-state index contributed by atoms with van der Waals surface area (Å²) in [5.41, 5.74) is 21.1. The molecule has 0 aliphatic carbocycles. The summed E-state index contributed by atoms with van der Waals surface area (Å²) >= 11 is 3.81. The second-order valence-electron chi connectivity index (χ2n) is 4.90. The highest BCUT2D eigenvalue weighted by Crippen LogP contribution is 1.97. The molecular weight excluding hydrogens is 340 g/mol. The molecule has 0 bridgehead atoms. The van der Waals surface area contributed by atoms with E-state index in [2.05, 4.69) is 12.6 Å². The molecule has 0 amide bonds. The van der Waals surface area contributed by atoms with Crippen molar-refractivity contribution in [3.05, 3.63) is 0 Å². The zero-order valence-corrected chi connectivity index (χ0v) is 14.4. The highest BCUT2D eigenvalue weighted by Gasteiger charge is 2.16. The van der Waals surface area contributed by atoms with Gasteiger partial charge in [0, 0.05) is 6.42 Å². The molecule has 0 heterocycles. The van der Waals surface area contributed by atoms with Gasteiger partial charge in [0.2, 0.25) is 0 Å². The first-order chi connectivity index (χ1) is 11.2. The van der Waals surface area contributed by atoms with Crippen LogP contribution in [0.15, 0.2) is 0 Å². The van der Waals surface area contributed by atoms with E-state index in [0.29, 0.717) is 31.6 Å². The lowest BCUT2D eigenvalue weighted by Gasteiger charge is -2.11. The minimum absolute atomic E-state index is 0.0391. The molecular formula is C13H28N4O6S. The van der Waals surface area contributed by atoms with Gasteiger partial charge in [0.05, 0.1) is 6.61 Å². The lowest BCUT2D eigenvalue weighted by Crippen LogP contribution is -2.35. The van der Waals surface area contributed by atoms with E-state index in [0.717, 1.165) is 0 Å². The summed E-state index contributed by atoms with van der Waals surface area (Å²) < 4.78 is 4.77. The van der Waals surface area contributed by atoms with Crippen molar-refractivity contribution in [2.24, 2.45) is 22.9 Å². The van der Waals surface area contributed by atoms with Crippen LogP contribution in [0.1, 0.15) is 25.7 Å². The molecule has 10 N–H and O–H groups in total. The number of hydrogen-bond acceptors (Lipinski definition) is 9. The molecule has 142 valence electrons. The van der Waals surface area contributed by atoms with Gasteiger partial charge in [-0.15, -0.1) is 0 Å². The molecule has 0 unspecified atom stereocenters. The van der Waals surface area contributed by atoms with Crippen molar-refractivity contribution >= 4 is 30.5 Å². The average molecular weight is 368 g/mol. The first-order valence-corrected chi connectivity index (χ1v) is 8.00. The van der Waals surface area contributed by atoms with Gasteiger partial charge in [0.25, 0.3) is 0 Å². The summed E-state index contributed by atoms with van der Waals surface area (Å²) in [7, 11) is 0. The Morgan fingerprint density at radius 2 is 1.42 bits per heavy atom. The van der Waals surface area contributed by atoms with Crippen LogP contribution >= 0.6 is 12.6 Å². The molecule has 0 rings (SSSR count). The fourth-order valence-electron chi connectivity index (χ4n) is 1.24. The third kappa shape index (κ3) is 14.2. The van der Waals surface area contributed by atoms with Crippen LogP contribution < -0.4 is 22.9 Å². The highest BCUT2D eigenvalue weighted by molar-refractivity contribution is 7.80. The lowest BCUT2D eigenvalue weighted by molar-refractivity contribution is -0.147.